The first-order valence-corrected chi connectivity index (χ1v) is 6.29. The molecule has 0 heterocycles. The maximum absolute atomic E-state index is 12.4. The van der Waals surface area contributed by atoms with E-state index in [1.54, 1.807) is 0 Å². The van der Waals surface area contributed by atoms with Crippen LogP contribution in [0.25, 0.3) is 0 Å². The molecule has 3 nitrogen and oxygen atoms in total. The highest BCUT2D eigenvalue weighted by Crippen LogP contribution is 2.35. The van der Waals surface area contributed by atoms with E-state index in [0.29, 0.717) is 19.3 Å². The second kappa shape index (κ2) is 5.75. The van der Waals surface area contributed by atoms with Gasteiger partial charge < -0.3 is 15.2 Å². The lowest BCUT2D eigenvalue weighted by Crippen LogP contribution is -2.50. The van der Waals surface area contributed by atoms with Gasteiger partial charge >= 0.3 is 6.18 Å². The van der Waals surface area contributed by atoms with E-state index in [1.165, 1.54) is 0 Å². The van der Waals surface area contributed by atoms with Gasteiger partial charge in [0.1, 0.15) is 0 Å². The molecule has 0 saturated heterocycles. The van der Waals surface area contributed by atoms with Gasteiger partial charge in [0.2, 0.25) is 0 Å². The minimum absolute atomic E-state index is 0.0779. The van der Waals surface area contributed by atoms with Crippen molar-refractivity contribution in [2.75, 3.05) is 6.61 Å². The monoisotopic (exact) mass is 269 g/mol. The molecule has 1 fully saturated rings. The van der Waals surface area contributed by atoms with Gasteiger partial charge in [-0.2, -0.15) is 13.2 Å². The number of aliphatic hydroxyl groups is 1. The summed E-state index contributed by atoms with van der Waals surface area (Å²) >= 11 is 0. The van der Waals surface area contributed by atoms with Crippen LogP contribution in [0.15, 0.2) is 0 Å². The average molecular weight is 269 g/mol. The zero-order chi connectivity index (χ0) is 14.0. The van der Waals surface area contributed by atoms with E-state index in [1.807, 2.05) is 13.8 Å². The normalized spacial score (nSPS) is 31.0. The molecule has 0 radical (unpaired) electrons. The molecular formula is C12H22F3NO2. The van der Waals surface area contributed by atoms with Crippen molar-refractivity contribution < 1.29 is 23.0 Å². The van der Waals surface area contributed by atoms with Crippen LogP contribution in [0.5, 0.6) is 0 Å². The Morgan fingerprint density at radius 1 is 1.39 bits per heavy atom. The predicted octanol–water partition coefficient (Wildman–Crippen LogP) is 2.24. The first-order chi connectivity index (χ1) is 8.18. The molecule has 1 aliphatic carbocycles. The fourth-order valence-corrected chi connectivity index (χ4v) is 2.49. The highest BCUT2D eigenvalue weighted by atomic mass is 19.4. The molecule has 6 heteroatoms. The summed E-state index contributed by atoms with van der Waals surface area (Å²) in [6, 6.07) is 0.177. The fourth-order valence-electron chi connectivity index (χ4n) is 2.49. The van der Waals surface area contributed by atoms with Crippen molar-refractivity contribution in [3.05, 3.63) is 0 Å². The molecule has 108 valence electrons. The van der Waals surface area contributed by atoms with E-state index in [0.717, 1.165) is 6.92 Å². The van der Waals surface area contributed by atoms with Gasteiger partial charge in [-0.25, -0.2) is 0 Å². The second-order valence-electron chi connectivity index (χ2n) is 5.42. The highest BCUT2D eigenvalue weighted by molar-refractivity contribution is 4.97. The number of nitrogens with one attached hydrogen (secondary N) is 1. The van der Waals surface area contributed by atoms with Crippen LogP contribution in [-0.4, -0.2) is 41.7 Å². The smallest absolute Gasteiger partial charge is 0.394 e. The number of hydrogen-bond acceptors (Lipinski definition) is 3. The molecule has 3 atom stereocenters. The molecule has 1 aliphatic rings. The van der Waals surface area contributed by atoms with Gasteiger partial charge in [-0.05, 0) is 26.2 Å². The van der Waals surface area contributed by atoms with Crippen molar-refractivity contribution in [3.8, 4) is 0 Å². The van der Waals surface area contributed by atoms with Gasteiger partial charge in [-0.3, -0.25) is 0 Å². The minimum atomic E-state index is -4.32. The maximum Gasteiger partial charge on any atom is 0.414 e. The zero-order valence-corrected chi connectivity index (χ0v) is 11.0. The molecule has 0 spiro atoms. The molecule has 0 aromatic heterocycles. The maximum atomic E-state index is 12.4. The number of rotatable bonds is 5. The molecule has 0 bridgehead atoms. The predicted molar refractivity (Wildman–Crippen MR) is 62.3 cm³/mol. The third kappa shape index (κ3) is 4.10. The largest absolute Gasteiger partial charge is 0.414 e. The van der Waals surface area contributed by atoms with Gasteiger partial charge in [-0.1, -0.05) is 13.8 Å². The van der Waals surface area contributed by atoms with E-state index in [-0.39, 0.29) is 12.6 Å². The van der Waals surface area contributed by atoms with Crippen LogP contribution in [0.2, 0.25) is 0 Å². The molecule has 3 unspecified atom stereocenters. The van der Waals surface area contributed by atoms with Crippen LogP contribution in [0.1, 0.15) is 40.0 Å². The first kappa shape index (κ1) is 15.7. The van der Waals surface area contributed by atoms with E-state index < -0.39 is 23.9 Å². The molecule has 1 saturated carbocycles. The fraction of sp³-hybridized carbons (Fsp3) is 1.00. The molecule has 0 aliphatic heterocycles. The second-order valence-corrected chi connectivity index (χ2v) is 5.42. The van der Waals surface area contributed by atoms with Crippen molar-refractivity contribution >= 4 is 0 Å². The van der Waals surface area contributed by atoms with Gasteiger partial charge in [0.05, 0.1) is 12.7 Å². The van der Waals surface area contributed by atoms with E-state index in [9.17, 15) is 18.3 Å². The van der Waals surface area contributed by atoms with Crippen LogP contribution < -0.4 is 5.32 Å². The Morgan fingerprint density at radius 3 is 2.44 bits per heavy atom. The Hall–Kier alpha value is -0.330. The lowest BCUT2D eigenvalue weighted by atomic mass is 9.97. The van der Waals surface area contributed by atoms with Gasteiger partial charge in [0.25, 0.3) is 0 Å². The lowest BCUT2D eigenvalue weighted by molar-refractivity contribution is -0.226. The number of halogens is 3. The van der Waals surface area contributed by atoms with E-state index >= 15 is 0 Å². The van der Waals surface area contributed by atoms with E-state index in [2.05, 4.69) is 5.32 Å². The molecule has 0 amide bonds. The highest BCUT2D eigenvalue weighted by Gasteiger charge is 2.44. The van der Waals surface area contributed by atoms with Gasteiger partial charge in [-0.15, -0.1) is 0 Å². The summed E-state index contributed by atoms with van der Waals surface area (Å²) in [6.45, 7) is 4.84. The molecular weight excluding hydrogens is 247 g/mol. The summed E-state index contributed by atoms with van der Waals surface area (Å²) in [7, 11) is 0. The third-order valence-electron chi connectivity index (χ3n) is 3.32. The number of ether oxygens (including phenoxy) is 1. The van der Waals surface area contributed by atoms with Crippen LogP contribution in [-0.2, 0) is 4.74 Å². The first-order valence-electron chi connectivity index (χ1n) is 6.29. The SMILES string of the molecule is CC(C)NC1(CO)CCC(OC(C)C(F)(F)F)C1. The number of hydrogen-bond donors (Lipinski definition) is 2. The third-order valence-corrected chi connectivity index (χ3v) is 3.32. The molecule has 1 rings (SSSR count). The van der Waals surface area contributed by atoms with Crippen LogP contribution in [0.4, 0.5) is 13.2 Å². The van der Waals surface area contributed by atoms with Crippen molar-refractivity contribution in [2.24, 2.45) is 0 Å². The summed E-state index contributed by atoms with van der Waals surface area (Å²) in [5.74, 6) is 0. The van der Waals surface area contributed by atoms with Crippen molar-refractivity contribution in [1.29, 1.82) is 0 Å². The van der Waals surface area contributed by atoms with Crippen molar-refractivity contribution in [3.63, 3.8) is 0 Å². The molecule has 0 aromatic rings. The quantitative estimate of drug-likeness (QED) is 0.804. The van der Waals surface area contributed by atoms with Crippen LogP contribution in [0, 0.1) is 0 Å². The Balaban J connectivity index is 2.54. The Morgan fingerprint density at radius 2 is 2.00 bits per heavy atom. The summed E-state index contributed by atoms with van der Waals surface area (Å²) in [6.07, 6.45) is -4.92. The number of aliphatic hydroxyl groups excluding tert-OH is 1. The van der Waals surface area contributed by atoms with Crippen LogP contribution in [0.3, 0.4) is 0 Å². The van der Waals surface area contributed by atoms with Crippen molar-refractivity contribution in [1.82, 2.24) is 5.32 Å². The summed E-state index contributed by atoms with van der Waals surface area (Å²) < 4.78 is 42.2. The zero-order valence-electron chi connectivity index (χ0n) is 11.0. The van der Waals surface area contributed by atoms with Gasteiger partial charge in [0.15, 0.2) is 6.10 Å². The molecule has 0 aromatic carbocycles. The van der Waals surface area contributed by atoms with Crippen LogP contribution >= 0.6 is 0 Å². The minimum Gasteiger partial charge on any atom is -0.394 e. The van der Waals surface area contributed by atoms with Gasteiger partial charge in [0, 0.05) is 11.6 Å². The van der Waals surface area contributed by atoms with Crippen molar-refractivity contribution in [2.45, 2.75) is 70.0 Å². The average Bonchev–Trinajstić information content (AvgIpc) is 2.60. The summed E-state index contributed by atoms with van der Waals surface area (Å²) in [4.78, 5) is 0. The standard InChI is InChI=1S/C12H22F3NO2/c1-8(2)16-11(7-17)5-4-10(6-11)18-9(3)12(13,14)15/h8-10,16-17H,4-7H2,1-3H3. The Bertz CT molecular complexity index is 271. The lowest BCUT2D eigenvalue weighted by Gasteiger charge is -2.31. The molecule has 18 heavy (non-hydrogen) atoms. The summed E-state index contributed by atoms with van der Waals surface area (Å²) in [5, 5.41) is 12.7. The van der Waals surface area contributed by atoms with E-state index in [4.69, 9.17) is 4.74 Å². The Kier molecular flexibility index (Phi) is 5.03. The molecule has 2 N–H and O–H groups in total. The summed E-state index contributed by atoms with van der Waals surface area (Å²) in [5.41, 5.74) is -0.496. The topological polar surface area (TPSA) is 41.5 Å². The Labute approximate surface area is 106 Å². The number of alkyl halides is 3.